The van der Waals surface area contributed by atoms with Crippen molar-refractivity contribution in [3.05, 3.63) is 0 Å². The second kappa shape index (κ2) is 18.2. The highest BCUT2D eigenvalue weighted by atomic mass is 16.3. The second-order valence-electron chi connectivity index (χ2n) is 8.03. The number of rotatable bonds is 18. The standard InChI is InChI=1S/C22H45NO2/c1-4-21(19-24)23-22(25)18-16-14-12-10-8-6-5-7-9-11-13-15-17-20(2)3/h20-21,24H,4-19H2,1-3H3,(H,23,25). The molecule has 0 aromatic carbocycles. The molecule has 0 radical (unpaired) electrons. The highest BCUT2D eigenvalue weighted by Crippen LogP contribution is 2.14. The third kappa shape index (κ3) is 18.0. The Hall–Kier alpha value is -0.570. The molecule has 0 spiro atoms. The Morgan fingerprint density at radius 3 is 1.64 bits per heavy atom. The van der Waals surface area contributed by atoms with Gasteiger partial charge in [0, 0.05) is 6.42 Å². The van der Waals surface area contributed by atoms with Crippen LogP contribution < -0.4 is 5.32 Å². The quantitative estimate of drug-likeness (QED) is 0.297. The lowest BCUT2D eigenvalue weighted by atomic mass is 10.0. The molecular formula is C22H45NO2. The first-order valence-corrected chi connectivity index (χ1v) is 11.0. The summed E-state index contributed by atoms with van der Waals surface area (Å²) in [7, 11) is 0. The third-order valence-electron chi connectivity index (χ3n) is 5.01. The van der Waals surface area contributed by atoms with Crippen LogP contribution in [0.2, 0.25) is 0 Å². The maximum absolute atomic E-state index is 11.7. The molecule has 0 saturated heterocycles. The molecule has 0 aliphatic heterocycles. The second-order valence-corrected chi connectivity index (χ2v) is 8.03. The fraction of sp³-hybridized carbons (Fsp3) is 0.955. The minimum atomic E-state index is -0.0669. The van der Waals surface area contributed by atoms with E-state index >= 15 is 0 Å². The largest absolute Gasteiger partial charge is 0.394 e. The molecule has 3 nitrogen and oxygen atoms in total. The zero-order valence-corrected chi connectivity index (χ0v) is 17.3. The molecule has 0 bridgehead atoms. The van der Waals surface area contributed by atoms with Gasteiger partial charge < -0.3 is 10.4 Å². The van der Waals surface area contributed by atoms with Crippen molar-refractivity contribution in [2.45, 2.75) is 123 Å². The van der Waals surface area contributed by atoms with E-state index in [-0.39, 0.29) is 18.6 Å². The topological polar surface area (TPSA) is 49.3 Å². The first kappa shape index (κ1) is 24.4. The number of nitrogens with one attached hydrogen (secondary N) is 1. The van der Waals surface area contributed by atoms with Crippen molar-refractivity contribution in [2.24, 2.45) is 5.92 Å². The highest BCUT2D eigenvalue weighted by molar-refractivity contribution is 5.76. The molecule has 0 heterocycles. The number of aliphatic hydroxyl groups excluding tert-OH is 1. The summed E-state index contributed by atoms with van der Waals surface area (Å²) in [5.41, 5.74) is 0. The van der Waals surface area contributed by atoms with Gasteiger partial charge in [0.15, 0.2) is 0 Å². The van der Waals surface area contributed by atoms with Gasteiger partial charge in [-0.15, -0.1) is 0 Å². The summed E-state index contributed by atoms with van der Waals surface area (Å²) >= 11 is 0. The molecule has 0 rings (SSSR count). The summed E-state index contributed by atoms with van der Waals surface area (Å²) in [6, 6.07) is -0.0669. The van der Waals surface area contributed by atoms with Crippen LogP contribution in [-0.4, -0.2) is 23.7 Å². The maximum atomic E-state index is 11.7. The lowest BCUT2D eigenvalue weighted by Crippen LogP contribution is -2.36. The molecule has 0 saturated carbocycles. The van der Waals surface area contributed by atoms with Gasteiger partial charge in [0.1, 0.15) is 0 Å². The van der Waals surface area contributed by atoms with Crippen LogP contribution in [0.25, 0.3) is 0 Å². The van der Waals surface area contributed by atoms with Crippen molar-refractivity contribution < 1.29 is 9.90 Å². The van der Waals surface area contributed by atoms with Gasteiger partial charge in [-0.1, -0.05) is 97.8 Å². The van der Waals surface area contributed by atoms with Crippen LogP contribution in [0.1, 0.15) is 117 Å². The van der Waals surface area contributed by atoms with Crippen molar-refractivity contribution >= 4 is 5.91 Å². The van der Waals surface area contributed by atoms with Gasteiger partial charge in [0.05, 0.1) is 12.6 Å². The fourth-order valence-electron chi connectivity index (χ4n) is 3.18. The predicted molar refractivity (Wildman–Crippen MR) is 109 cm³/mol. The van der Waals surface area contributed by atoms with Crippen molar-refractivity contribution in [3.63, 3.8) is 0 Å². The summed E-state index contributed by atoms with van der Waals surface area (Å²) in [6.45, 7) is 6.65. The van der Waals surface area contributed by atoms with Crippen LogP contribution in [0, 0.1) is 5.92 Å². The van der Waals surface area contributed by atoms with Crippen LogP contribution in [0.15, 0.2) is 0 Å². The molecule has 0 fully saturated rings. The molecular weight excluding hydrogens is 310 g/mol. The van der Waals surface area contributed by atoms with Gasteiger partial charge in [-0.05, 0) is 18.8 Å². The van der Waals surface area contributed by atoms with Gasteiger partial charge in [0.25, 0.3) is 0 Å². The Morgan fingerprint density at radius 2 is 1.24 bits per heavy atom. The molecule has 1 amide bonds. The zero-order chi connectivity index (χ0) is 18.8. The molecule has 0 aliphatic carbocycles. The molecule has 25 heavy (non-hydrogen) atoms. The smallest absolute Gasteiger partial charge is 0.220 e. The van der Waals surface area contributed by atoms with Crippen molar-refractivity contribution in [2.75, 3.05) is 6.61 Å². The predicted octanol–water partition coefficient (Wildman–Crippen LogP) is 5.99. The van der Waals surface area contributed by atoms with E-state index in [1.165, 1.54) is 70.6 Å². The van der Waals surface area contributed by atoms with Gasteiger partial charge >= 0.3 is 0 Å². The Kier molecular flexibility index (Phi) is 17.8. The Morgan fingerprint density at radius 1 is 0.800 bits per heavy atom. The zero-order valence-electron chi connectivity index (χ0n) is 17.3. The summed E-state index contributed by atoms with van der Waals surface area (Å²) < 4.78 is 0. The van der Waals surface area contributed by atoms with Gasteiger partial charge in [0.2, 0.25) is 5.91 Å². The van der Waals surface area contributed by atoms with E-state index in [0.29, 0.717) is 6.42 Å². The Labute approximate surface area is 157 Å². The van der Waals surface area contributed by atoms with E-state index in [4.69, 9.17) is 5.11 Å². The van der Waals surface area contributed by atoms with Gasteiger partial charge in [-0.2, -0.15) is 0 Å². The average Bonchev–Trinajstić information content (AvgIpc) is 2.59. The van der Waals surface area contributed by atoms with Crippen LogP contribution in [0.5, 0.6) is 0 Å². The number of carbonyl (C=O) groups is 1. The average molecular weight is 356 g/mol. The normalized spacial score (nSPS) is 12.5. The summed E-state index contributed by atoms with van der Waals surface area (Å²) in [4.78, 5) is 11.7. The number of amides is 1. The first-order valence-electron chi connectivity index (χ1n) is 11.0. The summed E-state index contributed by atoms with van der Waals surface area (Å²) in [5, 5.41) is 11.9. The molecule has 3 heteroatoms. The number of carbonyl (C=O) groups excluding carboxylic acids is 1. The molecule has 0 aromatic heterocycles. The number of unbranched alkanes of at least 4 members (excludes halogenated alkanes) is 11. The van der Waals surface area contributed by atoms with E-state index < -0.39 is 0 Å². The lowest BCUT2D eigenvalue weighted by molar-refractivity contribution is -0.122. The lowest BCUT2D eigenvalue weighted by Gasteiger charge is -2.13. The first-order chi connectivity index (χ1) is 12.1. The minimum Gasteiger partial charge on any atom is -0.394 e. The molecule has 150 valence electrons. The fourth-order valence-corrected chi connectivity index (χ4v) is 3.18. The number of hydrogen-bond donors (Lipinski definition) is 2. The van der Waals surface area contributed by atoms with E-state index in [0.717, 1.165) is 25.2 Å². The van der Waals surface area contributed by atoms with E-state index in [2.05, 4.69) is 19.2 Å². The molecule has 2 N–H and O–H groups in total. The van der Waals surface area contributed by atoms with Crippen molar-refractivity contribution in [1.29, 1.82) is 0 Å². The SMILES string of the molecule is CCC(CO)NC(=O)CCCCCCCCCCCCCCC(C)C. The Balaban J connectivity index is 3.20. The maximum Gasteiger partial charge on any atom is 0.220 e. The van der Waals surface area contributed by atoms with Gasteiger partial charge in [-0.3, -0.25) is 4.79 Å². The molecule has 1 atom stereocenters. The van der Waals surface area contributed by atoms with E-state index in [1.807, 2.05) is 6.92 Å². The highest BCUT2D eigenvalue weighted by Gasteiger charge is 2.08. The van der Waals surface area contributed by atoms with Crippen LogP contribution in [0.4, 0.5) is 0 Å². The minimum absolute atomic E-state index is 0.0419. The van der Waals surface area contributed by atoms with Crippen LogP contribution in [-0.2, 0) is 4.79 Å². The van der Waals surface area contributed by atoms with Crippen molar-refractivity contribution in [1.82, 2.24) is 5.32 Å². The number of hydrogen-bond acceptors (Lipinski definition) is 2. The molecule has 1 unspecified atom stereocenters. The monoisotopic (exact) mass is 355 g/mol. The number of aliphatic hydroxyl groups is 1. The van der Waals surface area contributed by atoms with Crippen LogP contribution in [0.3, 0.4) is 0 Å². The third-order valence-corrected chi connectivity index (χ3v) is 5.01. The van der Waals surface area contributed by atoms with Crippen molar-refractivity contribution in [3.8, 4) is 0 Å². The van der Waals surface area contributed by atoms with E-state index in [9.17, 15) is 4.79 Å². The van der Waals surface area contributed by atoms with Crippen LogP contribution >= 0.6 is 0 Å². The summed E-state index contributed by atoms with van der Waals surface area (Å²) in [5.74, 6) is 0.956. The Bertz CT molecular complexity index is 288. The molecule has 0 aromatic rings. The summed E-state index contributed by atoms with van der Waals surface area (Å²) in [6.07, 6.45) is 18.7. The molecule has 0 aliphatic rings. The van der Waals surface area contributed by atoms with E-state index in [1.54, 1.807) is 0 Å². The van der Waals surface area contributed by atoms with Gasteiger partial charge in [-0.25, -0.2) is 0 Å².